The molecule has 0 spiro atoms. The topological polar surface area (TPSA) is 40.5 Å². The molecule has 0 aromatic heterocycles. The van der Waals surface area contributed by atoms with Gasteiger partial charge in [0, 0.05) is 32.0 Å². The molecule has 1 saturated heterocycles. The van der Waals surface area contributed by atoms with E-state index in [0.29, 0.717) is 11.7 Å². The van der Waals surface area contributed by atoms with Gasteiger partial charge in [0.1, 0.15) is 5.78 Å². The molecule has 1 aliphatic heterocycles. The summed E-state index contributed by atoms with van der Waals surface area (Å²) in [7, 11) is 0. The van der Waals surface area contributed by atoms with Crippen LogP contribution in [-0.2, 0) is 4.79 Å². The van der Waals surface area contributed by atoms with Gasteiger partial charge < -0.3 is 10.0 Å². The van der Waals surface area contributed by atoms with Crippen molar-refractivity contribution in [1.82, 2.24) is 4.90 Å². The average Bonchev–Trinajstić information content (AvgIpc) is 2.27. The van der Waals surface area contributed by atoms with E-state index in [4.69, 9.17) is 0 Å². The fourth-order valence-electron chi connectivity index (χ4n) is 2.92. The summed E-state index contributed by atoms with van der Waals surface area (Å²) in [4.78, 5) is 14.2. The standard InChI is InChI=1S/C13H23NO2/c1-10-2-3-13(16)11(8-10)9-14-6-4-12(15)5-7-14/h10-12,15H,2-9H2,1H3. The van der Waals surface area contributed by atoms with Crippen molar-refractivity contribution in [2.45, 2.75) is 45.1 Å². The molecule has 0 aromatic rings. The molecule has 0 amide bonds. The molecule has 3 nitrogen and oxygen atoms in total. The van der Waals surface area contributed by atoms with Gasteiger partial charge in [-0.05, 0) is 31.6 Å². The van der Waals surface area contributed by atoms with Crippen LogP contribution in [0.25, 0.3) is 0 Å². The first-order valence-corrected chi connectivity index (χ1v) is 6.58. The van der Waals surface area contributed by atoms with Gasteiger partial charge in [0.2, 0.25) is 0 Å². The smallest absolute Gasteiger partial charge is 0.137 e. The van der Waals surface area contributed by atoms with Gasteiger partial charge in [-0.1, -0.05) is 6.92 Å². The molecule has 2 unspecified atom stereocenters. The van der Waals surface area contributed by atoms with Crippen molar-refractivity contribution >= 4 is 5.78 Å². The van der Waals surface area contributed by atoms with E-state index in [1.807, 2.05) is 0 Å². The van der Waals surface area contributed by atoms with Crippen LogP contribution in [0.2, 0.25) is 0 Å². The lowest BCUT2D eigenvalue weighted by atomic mass is 9.81. The molecule has 0 aromatic carbocycles. The van der Waals surface area contributed by atoms with E-state index in [0.717, 1.165) is 51.7 Å². The quantitative estimate of drug-likeness (QED) is 0.773. The third kappa shape index (κ3) is 3.05. The van der Waals surface area contributed by atoms with Crippen molar-refractivity contribution in [2.24, 2.45) is 11.8 Å². The highest BCUT2D eigenvalue weighted by atomic mass is 16.3. The third-order valence-electron chi connectivity index (χ3n) is 4.06. The van der Waals surface area contributed by atoms with E-state index >= 15 is 0 Å². The minimum Gasteiger partial charge on any atom is -0.393 e. The lowest BCUT2D eigenvalue weighted by Crippen LogP contribution is -2.41. The second kappa shape index (κ2) is 5.28. The molecule has 2 aliphatic rings. The van der Waals surface area contributed by atoms with Crippen LogP contribution in [0, 0.1) is 11.8 Å². The first kappa shape index (κ1) is 12.1. The van der Waals surface area contributed by atoms with Crippen molar-refractivity contribution in [3.63, 3.8) is 0 Å². The first-order valence-electron chi connectivity index (χ1n) is 6.58. The number of ketones is 1. The van der Waals surface area contributed by atoms with Gasteiger partial charge >= 0.3 is 0 Å². The monoisotopic (exact) mass is 225 g/mol. The Labute approximate surface area is 97.8 Å². The molecule has 16 heavy (non-hydrogen) atoms. The summed E-state index contributed by atoms with van der Waals surface area (Å²) in [6, 6.07) is 0. The van der Waals surface area contributed by atoms with Crippen LogP contribution in [0.4, 0.5) is 0 Å². The predicted molar refractivity (Wildman–Crippen MR) is 63.2 cm³/mol. The van der Waals surface area contributed by atoms with Crippen molar-refractivity contribution in [3.8, 4) is 0 Å². The van der Waals surface area contributed by atoms with Gasteiger partial charge in [0.05, 0.1) is 6.10 Å². The Hall–Kier alpha value is -0.410. The van der Waals surface area contributed by atoms with Gasteiger partial charge in [-0.2, -0.15) is 0 Å². The molecule has 1 N–H and O–H groups in total. The van der Waals surface area contributed by atoms with E-state index in [1.165, 1.54) is 0 Å². The number of carbonyl (C=O) groups excluding carboxylic acids is 1. The zero-order valence-corrected chi connectivity index (χ0v) is 10.2. The summed E-state index contributed by atoms with van der Waals surface area (Å²) in [6.45, 7) is 5.09. The summed E-state index contributed by atoms with van der Waals surface area (Å²) in [5, 5.41) is 9.43. The molecule has 92 valence electrons. The van der Waals surface area contributed by atoms with E-state index in [1.54, 1.807) is 0 Å². The van der Waals surface area contributed by atoms with Crippen LogP contribution in [0.1, 0.15) is 39.0 Å². The number of nitrogens with zero attached hydrogens (tertiary/aromatic N) is 1. The van der Waals surface area contributed by atoms with E-state index < -0.39 is 0 Å². The van der Waals surface area contributed by atoms with E-state index in [9.17, 15) is 9.90 Å². The highest BCUT2D eigenvalue weighted by Gasteiger charge is 2.29. The number of Topliss-reactive ketones (excluding diaryl/α,β-unsaturated/α-hetero) is 1. The number of likely N-dealkylation sites (tertiary alicyclic amines) is 1. The summed E-state index contributed by atoms with van der Waals surface area (Å²) in [6.07, 6.45) is 4.55. The van der Waals surface area contributed by atoms with Crippen molar-refractivity contribution in [3.05, 3.63) is 0 Å². The maximum atomic E-state index is 11.8. The van der Waals surface area contributed by atoms with Crippen molar-refractivity contribution < 1.29 is 9.90 Å². The minimum atomic E-state index is -0.114. The summed E-state index contributed by atoms with van der Waals surface area (Å²) < 4.78 is 0. The Kier molecular flexibility index (Phi) is 3.98. The molecule has 1 saturated carbocycles. The molecule has 2 rings (SSSR count). The summed E-state index contributed by atoms with van der Waals surface area (Å²) >= 11 is 0. The van der Waals surface area contributed by atoms with E-state index in [2.05, 4.69) is 11.8 Å². The Morgan fingerprint density at radius 3 is 2.69 bits per heavy atom. The van der Waals surface area contributed by atoms with Crippen LogP contribution in [0.15, 0.2) is 0 Å². The number of piperidine rings is 1. The number of hydrogen-bond donors (Lipinski definition) is 1. The molecule has 2 atom stereocenters. The molecule has 1 heterocycles. The maximum absolute atomic E-state index is 11.8. The molecule has 0 bridgehead atoms. The number of aliphatic hydroxyl groups is 1. The summed E-state index contributed by atoms with van der Waals surface area (Å²) in [5.41, 5.74) is 0. The number of aliphatic hydroxyl groups excluding tert-OH is 1. The Bertz CT molecular complexity index is 246. The van der Waals surface area contributed by atoms with Crippen molar-refractivity contribution in [1.29, 1.82) is 0 Å². The average molecular weight is 225 g/mol. The third-order valence-corrected chi connectivity index (χ3v) is 4.06. The minimum absolute atomic E-state index is 0.114. The van der Waals surface area contributed by atoms with Gasteiger partial charge in [-0.3, -0.25) is 4.79 Å². The Morgan fingerprint density at radius 1 is 1.31 bits per heavy atom. The van der Waals surface area contributed by atoms with Crippen molar-refractivity contribution in [2.75, 3.05) is 19.6 Å². The predicted octanol–water partition coefficient (Wildman–Crippen LogP) is 1.45. The highest BCUT2D eigenvalue weighted by molar-refractivity contribution is 5.81. The van der Waals surface area contributed by atoms with Gasteiger partial charge in [-0.15, -0.1) is 0 Å². The van der Waals surface area contributed by atoms with Gasteiger partial charge in [0.25, 0.3) is 0 Å². The molecular weight excluding hydrogens is 202 g/mol. The molecule has 0 radical (unpaired) electrons. The Balaban J connectivity index is 1.81. The molecule has 3 heteroatoms. The first-order chi connectivity index (χ1) is 7.65. The van der Waals surface area contributed by atoms with Crippen LogP contribution < -0.4 is 0 Å². The largest absolute Gasteiger partial charge is 0.393 e. The highest BCUT2D eigenvalue weighted by Crippen LogP contribution is 2.27. The zero-order valence-electron chi connectivity index (χ0n) is 10.2. The number of carbonyl (C=O) groups is 1. The second-order valence-electron chi connectivity index (χ2n) is 5.57. The van der Waals surface area contributed by atoms with Crippen LogP contribution in [0.3, 0.4) is 0 Å². The van der Waals surface area contributed by atoms with Crippen LogP contribution >= 0.6 is 0 Å². The molecule has 1 aliphatic carbocycles. The lowest BCUT2D eigenvalue weighted by molar-refractivity contribution is -0.126. The van der Waals surface area contributed by atoms with Gasteiger partial charge in [0.15, 0.2) is 0 Å². The second-order valence-corrected chi connectivity index (χ2v) is 5.57. The number of hydrogen-bond acceptors (Lipinski definition) is 3. The maximum Gasteiger partial charge on any atom is 0.137 e. The summed E-state index contributed by atoms with van der Waals surface area (Å²) in [5.74, 6) is 1.43. The fraction of sp³-hybridized carbons (Fsp3) is 0.923. The van der Waals surface area contributed by atoms with Crippen LogP contribution in [-0.4, -0.2) is 41.5 Å². The SMILES string of the molecule is CC1CCC(=O)C(CN2CCC(O)CC2)C1. The zero-order chi connectivity index (χ0) is 11.5. The lowest BCUT2D eigenvalue weighted by Gasteiger charge is -2.34. The molecule has 2 fully saturated rings. The number of rotatable bonds is 2. The Morgan fingerprint density at radius 2 is 2.00 bits per heavy atom. The van der Waals surface area contributed by atoms with Gasteiger partial charge in [-0.25, -0.2) is 0 Å². The molecular formula is C13H23NO2. The fourth-order valence-corrected chi connectivity index (χ4v) is 2.92. The van der Waals surface area contributed by atoms with Crippen LogP contribution in [0.5, 0.6) is 0 Å². The normalized spacial score (nSPS) is 34.2. The van der Waals surface area contributed by atoms with E-state index in [-0.39, 0.29) is 12.0 Å².